The van der Waals surface area contributed by atoms with Crippen molar-refractivity contribution in [3.8, 4) is 0 Å². The van der Waals surface area contributed by atoms with Crippen LogP contribution in [-0.2, 0) is 9.53 Å². The molecule has 0 N–H and O–H groups in total. The predicted octanol–water partition coefficient (Wildman–Crippen LogP) is 3.59. The Kier molecular flexibility index (Phi) is 6.03. The Morgan fingerprint density at radius 3 is 2.19 bits per heavy atom. The molecule has 2 aromatic carbocycles. The fraction of sp³-hybridized carbons (Fsp3) is 0.176. The number of carbonyl (C=O) groups is 2. The van der Waals surface area contributed by atoms with E-state index in [4.69, 9.17) is 4.74 Å². The molecule has 21 heavy (non-hydrogen) atoms. The van der Waals surface area contributed by atoms with E-state index in [0.717, 1.165) is 4.90 Å². The minimum Gasteiger partial charge on any atom is -0.457 e. The van der Waals surface area contributed by atoms with Crippen molar-refractivity contribution in [2.24, 2.45) is 0 Å². The lowest BCUT2D eigenvalue weighted by Crippen LogP contribution is -2.14. The zero-order valence-corrected chi connectivity index (χ0v) is 12.3. The van der Waals surface area contributed by atoms with E-state index >= 15 is 0 Å². The highest BCUT2D eigenvalue weighted by molar-refractivity contribution is 7.99. The van der Waals surface area contributed by atoms with E-state index in [1.165, 1.54) is 0 Å². The third-order valence-electron chi connectivity index (χ3n) is 2.78. The third kappa shape index (κ3) is 5.44. The Bertz CT molecular complexity index is 581. The molecule has 0 aliphatic carbocycles. The van der Waals surface area contributed by atoms with Gasteiger partial charge in [-0.3, -0.25) is 9.59 Å². The molecule has 0 unspecified atom stereocenters. The average molecular weight is 300 g/mol. The Labute approximate surface area is 128 Å². The minimum absolute atomic E-state index is 0.181. The lowest BCUT2D eigenvalue weighted by atomic mass is 10.1. The summed E-state index contributed by atoms with van der Waals surface area (Å²) in [5.41, 5.74) is 0.559. The normalized spacial score (nSPS) is 10.1. The van der Waals surface area contributed by atoms with Gasteiger partial charge in [0, 0.05) is 16.2 Å². The molecule has 3 nitrogen and oxygen atoms in total. The second kappa shape index (κ2) is 8.27. The van der Waals surface area contributed by atoms with Gasteiger partial charge in [-0.05, 0) is 12.1 Å². The molecular formula is C17H16O3S. The van der Waals surface area contributed by atoms with Crippen molar-refractivity contribution in [1.82, 2.24) is 0 Å². The molecule has 0 saturated carbocycles. The summed E-state index contributed by atoms with van der Waals surface area (Å²) in [4.78, 5) is 24.5. The van der Waals surface area contributed by atoms with Crippen LogP contribution >= 0.6 is 11.8 Å². The number of carbonyl (C=O) groups excluding carboxylic acids is 2. The molecule has 2 aromatic rings. The highest BCUT2D eigenvalue weighted by Gasteiger charge is 2.09. The van der Waals surface area contributed by atoms with Crippen molar-refractivity contribution in [2.45, 2.75) is 11.3 Å². The van der Waals surface area contributed by atoms with Gasteiger partial charge in [-0.15, -0.1) is 11.8 Å². The average Bonchev–Trinajstić information content (AvgIpc) is 2.54. The second-order valence-corrected chi connectivity index (χ2v) is 5.53. The minimum atomic E-state index is -0.345. The number of hydrogen-bond donors (Lipinski definition) is 0. The van der Waals surface area contributed by atoms with Gasteiger partial charge in [0.25, 0.3) is 0 Å². The Hall–Kier alpha value is -2.07. The summed E-state index contributed by atoms with van der Waals surface area (Å²) in [5, 5.41) is 0. The van der Waals surface area contributed by atoms with Crippen molar-refractivity contribution in [3.63, 3.8) is 0 Å². The van der Waals surface area contributed by atoms with Gasteiger partial charge in [-0.2, -0.15) is 0 Å². The molecule has 2 rings (SSSR count). The molecule has 0 bridgehead atoms. The molecule has 0 atom stereocenters. The molecule has 0 aliphatic heterocycles. The molecule has 0 spiro atoms. The van der Waals surface area contributed by atoms with Gasteiger partial charge < -0.3 is 4.74 Å². The van der Waals surface area contributed by atoms with Crippen LogP contribution < -0.4 is 0 Å². The van der Waals surface area contributed by atoms with Crippen molar-refractivity contribution >= 4 is 23.5 Å². The maximum Gasteiger partial charge on any atom is 0.307 e. The number of hydrogen-bond acceptors (Lipinski definition) is 4. The van der Waals surface area contributed by atoms with Crippen LogP contribution in [0.5, 0.6) is 0 Å². The molecule has 108 valence electrons. The van der Waals surface area contributed by atoms with Gasteiger partial charge in [0.1, 0.15) is 0 Å². The summed E-state index contributed by atoms with van der Waals surface area (Å²) >= 11 is 1.59. The smallest absolute Gasteiger partial charge is 0.307 e. The van der Waals surface area contributed by atoms with Crippen LogP contribution in [-0.4, -0.2) is 24.1 Å². The van der Waals surface area contributed by atoms with E-state index in [2.05, 4.69) is 0 Å². The summed E-state index contributed by atoms with van der Waals surface area (Å²) in [7, 11) is 0. The van der Waals surface area contributed by atoms with E-state index < -0.39 is 0 Å². The van der Waals surface area contributed by atoms with Crippen LogP contribution in [0.15, 0.2) is 65.6 Å². The molecule has 0 heterocycles. The van der Waals surface area contributed by atoms with Crippen LogP contribution in [0.1, 0.15) is 16.8 Å². The van der Waals surface area contributed by atoms with Crippen LogP contribution in [0.4, 0.5) is 0 Å². The van der Waals surface area contributed by atoms with E-state index in [1.807, 2.05) is 36.4 Å². The Morgan fingerprint density at radius 2 is 1.52 bits per heavy atom. The summed E-state index contributed by atoms with van der Waals surface area (Å²) in [6.45, 7) is -0.196. The predicted molar refractivity (Wildman–Crippen MR) is 83.5 cm³/mol. The van der Waals surface area contributed by atoms with E-state index in [-0.39, 0.29) is 18.4 Å². The van der Waals surface area contributed by atoms with E-state index in [1.54, 1.807) is 36.0 Å². The molecule has 4 heteroatoms. The first-order chi connectivity index (χ1) is 10.3. The molecular weight excluding hydrogens is 284 g/mol. The number of esters is 1. The molecule has 0 aromatic heterocycles. The standard InChI is InChI=1S/C17H16O3S/c18-16(14-7-3-1-4-8-14)13-20-17(19)11-12-21-15-9-5-2-6-10-15/h1-10H,11-13H2. The summed E-state index contributed by atoms with van der Waals surface area (Å²) in [6.07, 6.45) is 0.293. The number of benzene rings is 2. The monoisotopic (exact) mass is 300 g/mol. The zero-order valence-electron chi connectivity index (χ0n) is 11.5. The van der Waals surface area contributed by atoms with E-state index in [0.29, 0.717) is 17.7 Å². The van der Waals surface area contributed by atoms with Gasteiger partial charge in [-0.1, -0.05) is 48.5 Å². The highest BCUT2D eigenvalue weighted by Crippen LogP contribution is 2.17. The Balaban J connectivity index is 1.67. The van der Waals surface area contributed by atoms with Crippen molar-refractivity contribution < 1.29 is 14.3 Å². The van der Waals surface area contributed by atoms with Crippen molar-refractivity contribution in [2.75, 3.05) is 12.4 Å². The first-order valence-corrected chi connectivity index (χ1v) is 7.66. The van der Waals surface area contributed by atoms with Gasteiger partial charge >= 0.3 is 5.97 Å². The lowest BCUT2D eigenvalue weighted by Gasteiger charge is -2.04. The van der Waals surface area contributed by atoms with Gasteiger partial charge in [0.15, 0.2) is 12.4 Å². The fourth-order valence-electron chi connectivity index (χ4n) is 1.69. The third-order valence-corrected chi connectivity index (χ3v) is 3.79. The second-order valence-electron chi connectivity index (χ2n) is 4.36. The maximum atomic E-state index is 11.8. The van der Waals surface area contributed by atoms with E-state index in [9.17, 15) is 9.59 Å². The number of thioether (sulfide) groups is 1. The summed E-state index contributed by atoms with van der Waals surface area (Å²) < 4.78 is 4.99. The highest BCUT2D eigenvalue weighted by atomic mass is 32.2. The van der Waals surface area contributed by atoms with Gasteiger partial charge in [-0.25, -0.2) is 0 Å². The molecule has 0 fully saturated rings. The number of rotatable bonds is 7. The van der Waals surface area contributed by atoms with Crippen LogP contribution in [0.3, 0.4) is 0 Å². The van der Waals surface area contributed by atoms with Crippen molar-refractivity contribution in [3.05, 3.63) is 66.2 Å². The number of ether oxygens (including phenoxy) is 1. The molecule has 0 saturated heterocycles. The summed E-state index contributed by atoms with van der Waals surface area (Å²) in [6, 6.07) is 18.7. The Morgan fingerprint density at radius 1 is 0.905 bits per heavy atom. The zero-order chi connectivity index (χ0) is 14.9. The number of ketones is 1. The fourth-order valence-corrected chi connectivity index (χ4v) is 2.55. The SMILES string of the molecule is O=C(CCSc1ccccc1)OCC(=O)c1ccccc1. The molecule has 0 amide bonds. The first kappa shape index (κ1) is 15.3. The van der Waals surface area contributed by atoms with Crippen LogP contribution in [0.25, 0.3) is 0 Å². The largest absolute Gasteiger partial charge is 0.457 e. The quantitative estimate of drug-likeness (QED) is 0.445. The van der Waals surface area contributed by atoms with Gasteiger partial charge in [0.05, 0.1) is 6.42 Å². The van der Waals surface area contributed by atoms with Crippen LogP contribution in [0, 0.1) is 0 Å². The van der Waals surface area contributed by atoms with Crippen LogP contribution in [0.2, 0.25) is 0 Å². The summed E-state index contributed by atoms with van der Waals surface area (Å²) in [5.74, 6) is 0.116. The maximum absolute atomic E-state index is 11.8. The lowest BCUT2D eigenvalue weighted by molar-refractivity contribution is -0.141. The molecule has 0 radical (unpaired) electrons. The number of Topliss-reactive ketones (excluding diaryl/α,β-unsaturated/α-hetero) is 1. The molecule has 0 aliphatic rings. The van der Waals surface area contributed by atoms with Gasteiger partial charge in [0.2, 0.25) is 0 Å². The topological polar surface area (TPSA) is 43.4 Å². The van der Waals surface area contributed by atoms with Crippen molar-refractivity contribution in [1.29, 1.82) is 0 Å². The first-order valence-electron chi connectivity index (χ1n) is 6.67.